The molecule has 5 heteroatoms. The highest BCUT2D eigenvalue weighted by molar-refractivity contribution is 5.78. The average molecular weight is 245 g/mol. The number of fused-ring (bicyclic) bond motifs is 1. The molecular formula is C13H15N3O2. The van der Waals surface area contributed by atoms with E-state index in [1.165, 1.54) is 0 Å². The van der Waals surface area contributed by atoms with Crippen LogP contribution in [0.2, 0.25) is 0 Å². The van der Waals surface area contributed by atoms with Crippen LogP contribution in [0.15, 0.2) is 17.1 Å². The van der Waals surface area contributed by atoms with Crippen LogP contribution < -0.4 is 5.56 Å². The molecule has 0 aromatic carbocycles. The monoisotopic (exact) mass is 245 g/mol. The van der Waals surface area contributed by atoms with E-state index in [1.807, 2.05) is 11.6 Å². The summed E-state index contributed by atoms with van der Waals surface area (Å²) in [6.07, 6.45) is 3.57. The van der Waals surface area contributed by atoms with Crippen LogP contribution in [-0.2, 0) is 12.5 Å². The van der Waals surface area contributed by atoms with Crippen molar-refractivity contribution in [2.24, 2.45) is 7.05 Å². The van der Waals surface area contributed by atoms with Crippen molar-refractivity contribution in [3.8, 4) is 0 Å². The first-order valence-corrected chi connectivity index (χ1v) is 6.02. The van der Waals surface area contributed by atoms with Gasteiger partial charge in [0.05, 0.1) is 23.7 Å². The predicted octanol–water partition coefficient (Wildman–Crippen LogP) is 0.661. The van der Waals surface area contributed by atoms with Gasteiger partial charge in [-0.2, -0.15) is 4.98 Å². The fourth-order valence-corrected chi connectivity index (χ4v) is 2.28. The second-order valence-corrected chi connectivity index (χ2v) is 5.05. The molecule has 0 spiro atoms. The van der Waals surface area contributed by atoms with Gasteiger partial charge in [0.2, 0.25) is 0 Å². The summed E-state index contributed by atoms with van der Waals surface area (Å²) in [7, 11) is 1.87. The quantitative estimate of drug-likeness (QED) is 0.844. The van der Waals surface area contributed by atoms with E-state index in [4.69, 9.17) is 0 Å². The standard InChI is InChI=1S/C13H15N3O2/c1-8-15-12(18)9-5-11(13(7-17)3-4-13)14-6-10(9)16(8)2/h5-6,17H,3-4,7H2,1-2H3. The molecule has 0 aliphatic heterocycles. The fourth-order valence-electron chi connectivity index (χ4n) is 2.28. The second kappa shape index (κ2) is 3.62. The summed E-state index contributed by atoms with van der Waals surface area (Å²) in [4.78, 5) is 20.3. The number of pyridine rings is 1. The van der Waals surface area contributed by atoms with Gasteiger partial charge >= 0.3 is 0 Å². The Labute approximate surface area is 104 Å². The van der Waals surface area contributed by atoms with E-state index in [9.17, 15) is 9.90 Å². The first-order chi connectivity index (χ1) is 8.57. The van der Waals surface area contributed by atoms with Crippen molar-refractivity contribution in [2.45, 2.75) is 25.2 Å². The first kappa shape index (κ1) is 11.3. The lowest BCUT2D eigenvalue weighted by Gasteiger charge is -2.13. The lowest BCUT2D eigenvalue weighted by atomic mass is 10.0. The van der Waals surface area contributed by atoms with Crippen molar-refractivity contribution in [2.75, 3.05) is 6.61 Å². The lowest BCUT2D eigenvalue weighted by molar-refractivity contribution is 0.252. The number of aryl methyl sites for hydroxylation is 2. The number of nitrogens with zero attached hydrogens (tertiary/aromatic N) is 3. The molecule has 1 saturated carbocycles. The average Bonchev–Trinajstić information content (AvgIpc) is 3.16. The Morgan fingerprint density at radius 3 is 2.83 bits per heavy atom. The van der Waals surface area contributed by atoms with E-state index in [-0.39, 0.29) is 17.6 Å². The summed E-state index contributed by atoms with van der Waals surface area (Å²) in [6.45, 7) is 1.88. The Hall–Kier alpha value is -1.75. The second-order valence-electron chi connectivity index (χ2n) is 5.05. The van der Waals surface area contributed by atoms with Crippen molar-refractivity contribution in [3.05, 3.63) is 34.1 Å². The molecule has 0 atom stereocenters. The highest BCUT2D eigenvalue weighted by atomic mass is 16.3. The molecule has 1 aliphatic rings. The molecule has 2 aromatic heterocycles. The van der Waals surface area contributed by atoms with E-state index in [1.54, 1.807) is 19.2 Å². The fraction of sp³-hybridized carbons (Fsp3) is 0.462. The van der Waals surface area contributed by atoms with E-state index in [2.05, 4.69) is 9.97 Å². The van der Waals surface area contributed by atoms with Gasteiger partial charge in [-0.15, -0.1) is 0 Å². The number of aliphatic hydroxyl groups excluding tert-OH is 1. The molecule has 1 N–H and O–H groups in total. The van der Waals surface area contributed by atoms with Crippen molar-refractivity contribution >= 4 is 10.9 Å². The van der Waals surface area contributed by atoms with Crippen molar-refractivity contribution in [3.63, 3.8) is 0 Å². The Bertz CT molecular complexity index is 686. The molecule has 18 heavy (non-hydrogen) atoms. The molecular weight excluding hydrogens is 230 g/mol. The first-order valence-electron chi connectivity index (χ1n) is 6.02. The van der Waals surface area contributed by atoms with Gasteiger partial charge in [0, 0.05) is 18.2 Å². The summed E-state index contributed by atoms with van der Waals surface area (Å²) in [5, 5.41) is 9.99. The van der Waals surface area contributed by atoms with E-state index >= 15 is 0 Å². The smallest absolute Gasteiger partial charge is 0.280 e. The number of hydrogen-bond donors (Lipinski definition) is 1. The van der Waals surface area contributed by atoms with Gasteiger partial charge in [-0.1, -0.05) is 0 Å². The summed E-state index contributed by atoms with van der Waals surface area (Å²) in [5.74, 6) is 0.672. The highest BCUT2D eigenvalue weighted by Gasteiger charge is 2.45. The molecule has 0 amide bonds. The molecule has 0 bridgehead atoms. The van der Waals surface area contributed by atoms with Crippen molar-refractivity contribution in [1.29, 1.82) is 0 Å². The van der Waals surface area contributed by atoms with Crippen LogP contribution in [0.3, 0.4) is 0 Å². The van der Waals surface area contributed by atoms with E-state index in [0.29, 0.717) is 11.2 Å². The molecule has 1 aliphatic carbocycles. The third kappa shape index (κ3) is 1.47. The van der Waals surface area contributed by atoms with Gasteiger partial charge in [-0.25, -0.2) is 0 Å². The number of rotatable bonds is 2. The van der Waals surface area contributed by atoms with Gasteiger partial charge in [0.1, 0.15) is 5.82 Å². The van der Waals surface area contributed by atoms with Gasteiger partial charge < -0.3 is 9.67 Å². The summed E-state index contributed by atoms with van der Waals surface area (Å²) >= 11 is 0. The van der Waals surface area contributed by atoms with Crippen LogP contribution in [0, 0.1) is 6.92 Å². The summed E-state index contributed by atoms with van der Waals surface area (Å²) < 4.78 is 1.85. The maximum Gasteiger partial charge on any atom is 0.280 e. The molecule has 2 heterocycles. The highest BCUT2D eigenvalue weighted by Crippen LogP contribution is 2.46. The Morgan fingerprint density at radius 2 is 2.22 bits per heavy atom. The Balaban J connectivity index is 2.28. The van der Waals surface area contributed by atoms with Crippen molar-refractivity contribution < 1.29 is 5.11 Å². The minimum Gasteiger partial charge on any atom is -0.395 e. The van der Waals surface area contributed by atoms with Crippen LogP contribution in [0.4, 0.5) is 0 Å². The van der Waals surface area contributed by atoms with Crippen molar-refractivity contribution in [1.82, 2.24) is 14.5 Å². The molecule has 94 valence electrons. The topological polar surface area (TPSA) is 68.0 Å². The zero-order chi connectivity index (χ0) is 12.9. The third-order valence-electron chi connectivity index (χ3n) is 3.92. The summed E-state index contributed by atoms with van der Waals surface area (Å²) in [5.41, 5.74) is 1.15. The molecule has 2 aromatic rings. The molecule has 1 fully saturated rings. The van der Waals surface area contributed by atoms with Crippen LogP contribution in [-0.4, -0.2) is 26.2 Å². The molecule has 0 unspecified atom stereocenters. The number of aromatic nitrogens is 3. The van der Waals surface area contributed by atoms with E-state index in [0.717, 1.165) is 24.1 Å². The van der Waals surface area contributed by atoms with E-state index < -0.39 is 0 Å². The lowest BCUT2D eigenvalue weighted by Crippen LogP contribution is -2.18. The van der Waals surface area contributed by atoms with Gasteiger partial charge in [-0.3, -0.25) is 9.78 Å². The molecule has 0 radical (unpaired) electrons. The molecule has 3 rings (SSSR count). The molecule has 5 nitrogen and oxygen atoms in total. The van der Waals surface area contributed by atoms with Gasteiger partial charge in [0.25, 0.3) is 5.56 Å². The van der Waals surface area contributed by atoms with Crippen LogP contribution in [0.1, 0.15) is 24.4 Å². The third-order valence-corrected chi connectivity index (χ3v) is 3.92. The maximum atomic E-state index is 11.9. The van der Waals surface area contributed by atoms with Crippen LogP contribution in [0.25, 0.3) is 10.9 Å². The molecule has 0 saturated heterocycles. The number of aliphatic hydroxyl groups is 1. The maximum absolute atomic E-state index is 11.9. The largest absolute Gasteiger partial charge is 0.395 e. The van der Waals surface area contributed by atoms with Gasteiger partial charge in [-0.05, 0) is 25.8 Å². The van der Waals surface area contributed by atoms with Crippen LogP contribution >= 0.6 is 0 Å². The zero-order valence-corrected chi connectivity index (χ0v) is 10.5. The van der Waals surface area contributed by atoms with Gasteiger partial charge in [0.15, 0.2) is 0 Å². The Kier molecular flexibility index (Phi) is 2.28. The minimum atomic E-state index is -0.224. The normalized spacial score (nSPS) is 17.1. The minimum absolute atomic E-state index is 0.0884. The Morgan fingerprint density at radius 1 is 1.50 bits per heavy atom. The summed E-state index contributed by atoms with van der Waals surface area (Å²) in [6, 6.07) is 1.79. The predicted molar refractivity (Wildman–Crippen MR) is 67.5 cm³/mol. The zero-order valence-electron chi connectivity index (χ0n) is 10.5. The SMILES string of the molecule is Cc1nc(=O)c2cc(C3(CO)CC3)ncc2n1C. The number of hydrogen-bond acceptors (Lipinski definition) is 4. The van der Waals surface area contributed by atoms with Crippen LogP contribution in [0.5, 0.6) is 0 Å².